The van der Waals surface area contributed by atoms with Crippen LogP contribution in [0.5, 0.6) is 0 Å². The fourth-order valence-corrected chi connectivity index (χ4v) is 3.56. The number of pyridine rings is 1. The number of nitrogens with zero attached hydrogens (tertiary/aromatic N) is 7. The highest BCUT2D eigenvalue weighted by Gasteiger charge is 2.16. The van der Waals surface area contributed by atoms with Crippen LogP contribution in [-0.2, 0) is 0 Å². The molecule has 1 aliphatic rings. The topological polar surface area (TPSA) is 95.0 Å². The Labute approximate surface area is 180 Å². The lowest BCUT2D eigenvalue weighted by molar-refractivity contribution is 0.311. The second-order valence-electron chi connectivity index (χ2n) is 7.46. The zero-order chi connectivity index (χ0) is 21.0. The van der Waals surface area contributed by atoms with Gasteiger partial charge in [-0.05, 0) is 37.4 Å². The molecule has 0 aliphatic carbocycles. The molecule has 1 saturated heterocycles. The summed E-state index contributed by atoms with van der Waals surface area (Å²) in [5.41, 5.74) is 2.71. The number of hydrogen-bond acceptors (Lipinski definition) is 9. The smallest absolute Gasteiger partial charge is 0.227 e. The van der Waals surface area contributed by atoms with Crippen LogP contribution in [0.1, 0.15) is 0 Å². The maximum absolute atomic E-state index is 4.71. The Morgan fingerprint density at radius 3 is 2.52 bits per heavy atom. The number of piperazine rings is 1. The first-order chi connectivity index (χ1) is 15.2. The Balaban J connectivity index is 1.36. The third-order valence-electron chi connectivity index (χ3n) is 5.27. The molecule has 4 aromatic rings. The first kappa shape index (κ1) is 19.1. The minimum absolute atomic E-state index is 0.689. The summed E-state index contributed by atoms with van der Waals surface area (Å²) in [7, 11) is 2.14. The van der Waals surface area contributed by atoms with E-state index in [1.807, 2.05) is 30.3 Å². The Kier molecular flexibility index (Phi) is 5.24. The molecule has 0 unspecified atom stereocenters. The van der Waals surface area contributed by atoms with Gasteiger partial charge in [0.1, 0.15) is 11.6 Å². The van der Waals surface area contributed by atoms with Crippen molar-refractivity contribution in [3.05, 3.63) is 61.3 Å². The molecule has 0 radical (unpaired) electrons. The van der Waals surface area contributed by atoms with Crippen molar-refractivity contribution >= 4 is 39.9 Å². The van der Waals surface area contributed by atoms with Gasteiger partial charge in [-0.2, -0.15) is 4.98 Å². The lowest BCUT2D eigenvalue weighted by Crippen LogP contribution is -2.45. The van der Waals surface area contributed by atoms with Crippen molar-refractivity contribution in [3.8, 4) is 0 Å². The van der Waals surface area contributed by atoms with Gasteiger partial charge in [-0.15, -0.1) is 0 Å². The van der Waals surface area contributed by atoms with Crippen LogP contribution in [-0.4, -0.2) is 63.0 Å². The molecule has 5 rings (SSSR count). The minimum Gasteiger partial charge on any atom is -0.340 e. The van der Waals surface area contributed by atoms with Crippen LogP contribution in [0.15, 0.2) is 61.3 Å². The number of likely N-dealkylation sites (N-methyl/N-ethyl adjacent to an activating group) is 1. The highest BCUT2D eigenvalue weighted by molar-refractivity contribution is 5.94. The van der Waals surface area contributed by atoms with Gasteiger partial charge in [0.25, 0.3) is 0 Å². The van der Waals surface area contributed by atoms with Gasteiger partial charge in [0, 0.05) is 62.0 Å². The summed E-state index contributed by atoms with van der Waals surface area (Å²) in [6.07, 6.45) is 8.57. The van der Waals surface area contributed by atoms with E-state index in [0.29, 0.717) is 5.82 Å². The number of hydrogen-bond donors (Lipinski definition) is 2. The average molecular weight is 413 g/mol. The van der Waals surface area contributed by atoms with E-state index in [1.165, 1.54) is 0 Å². The molecule has 3 aromatic heterocycles. The van der Waals surface area contributed by atoms with Crippen molar-refractivity contribution in [2.45, 2.75) is 0 Å². The maximum atomic E-state index is 4.71. The summed E-state index contributed by atoms with van der Waals surface area (Å²) in [5.74, 6) is 2.21. The molecule has 9 heteroatoms. The Morgan fingerprint density at radius 2 is 1.68 bits per heavy atom. The lowest BCUT2D eigenvalue weighted by Gasteiger charge is -2.32. The van der Waals surface area contributed by atoms with Crippen molar-refractivity contribution in [2.24, 2.45) is 0 Å². The predicted octanol–water partition coefficient (Wildman–Crippen LogP) is 3.05. The Hall–Kier alpha value is -3.85. The molecule has 0 spiro atoms. The van der Waals surface area contributed by atoms with Crippen molar-refractivity contribution in [3.63, 3.8) is 0 Å². The highest BCUT2D eigenvalue weighted by atomic mass is 15.3. The summed E-state index contributed by atoms with van der Waals surface area (Å²) in [6, 6.07) is 9.87. The number of fused-ring (bicyclic) bond motifs is 1. The summed E-state index contributed by atoms with van der Waals surface area (Å²) in [5, 5.41) is 7.68. The van der Waals surface area contributed by atoms with Gasteiger partial charge < -0.3 is 20.4 Å². The van der Waals surface area contributed by atoms with Gasteiger partial charge >= 0.3 is 0 Å². The third kappa shape index (κ3) is 4.36. The standard InChI is InChI=1S/C22H23N9/c1-30-10-12-31(13-11-30)22-26-7-5-20(29-22)27-16-2-3-17-18(4-6-24-19(17)14-16)28-21-15-23-8-9-25-21/h2-9,14-15H,10-13H2,1H3,(H,24,25,28)(H,26,27,29). The average Bonchev–Trinajstić information content (AvgIpc) is 2.80. The van der Waals surface area contributed by atoms with E-state index in [2.05, 4.69) is 47.4 Å². The monoisotopic (exact) mass is 413 g/mol. The zero-order valence-corrected chi connectivity index (χ0v) is 17.2. The molecule has 31 heavy (non-hydrogen) atoms. The van der Waals surface area contributed by atoms with Gasteiger partial charge in [-0.3, -0.25) is 9.97 Å². The number of nitrogens with one attached hydrogen (secondary N) is 2. The lowest BCUT2D eigenvalue weighted by atomic mass is 10.1. The molecular weight excluding hydrogens is 390 g/mol. The molecule has 1 fully saturated rings. The molecule has 4 heterocycles. The molecule has 156 valence electrons. The summed E-state index contributed by atoms with van der Waals surface area (Å²) in [6.45, 7) is 3.90. The van der Waals surface area contributed by atoms with Crippen molar-refractivity contribution in [2.75, 3.05) is 48.8 Å². The van der Waals surface area contributed by atoms with Gasteiger partial charge in [0.2, 0.25) is 5.95 Å². The SMILES string of the molecule is CN1CCN(c2nccc(Nc3ccc4c(Nc5cnccn5)ccnc4c3)n2)CC1. The van der Waals surface area contributed by atoms with Gasteiger partial charge in [-0.1, -0.05) is 0 Å². The summed E-state index contributed by atoms with van der Waals surface area (Å²) >= 11 is 0. The molecule has 0 atom stereocenters. The van der Waals surface area contributed by atoms with E-state index in [1.54, 1.807) is 31.0 Å². The van der Waals surface area contributed by atoms with Crippen LogP contribution >= 0.6 is 0 Å². The molecule has 9 nitrogen and oxygen atoms in total. The predicted molar refractivity (Wildman–Crippen MR) is 122 cm³/mol. The van der Waals surface area contributed by atoms with E-state index in [9.17, 15) is 0 Å². The van der Waals surface area contributed by atoms with Crippen LogP contribution in [0.4, 0.5) is 29.0 Å². The third-order valence-corrected chi connectivity index (χ3v) is 5.27. The Bertz CT molecular complexity index is 1170. The number of rotatable bonds is 5. The van der Waals surface area contributed by atoms with Crippen LogP contribution in [0, 0.1) is 0 Å². The second kappa shape index (κ2) is 8.49. The fourth-order valence-electron chi connectivity index (χ4n) is 3.56. The fraction of sp³-hybridized carbons (Fsp3) is 0.227. The molecule has 0 amide bonds. The summed E-state index contributed by atoms with van der Waals surface area (Å²) < 4.78 is 0. The van der Waals surface area contributed by atoms with Crippen LogP contribution in [0.2, 0.25) is 0 Å². The van der Waals surface area contributed by atoms with E-state index < -0.39 is 0 Å². The van der Waals surface area contributed by atoms with Gasteiger partial charge in [0.05, 0.1) is 17.4 Å². The maximum Gasteiger partial charge on any atom is 0.227 e. The van der Waals surface area contributed by atoms with Crippen LogP contribution < -0.4 is 15.5 Å². The number of anilines is 5. The van der Waals surface area contributed by atoms with E-state index >= 15 is 0 Å². The van der Waals surface area contributed by atoms with Crippen molar-refractivity contribution < 1.29 is 0 Å². The first-order valence-corrected chi connectivity index (χ1v) is 10.2. The number of benzene rings is 1. The zero-order valence-electron chi connectivity index (χ0n) is 17.2. The van der Waals surface area contributed by atoms with Crippen LogP contribution in [0.3, 0.4) is 0 Å². The minimum atomic E-state index is 0.689. The van der Waals surface area contributed by atoms with E-state index in [0.717, 1.165) is 60.2 Å². The quantitative estimate of drug-likeness (QED) is 0.512. The molecule has 1 aromatic carbocycles. The largest absolute Gasteiger partial charge is 0.340 e. The molecule has 0 bridgehead atoms. The molecular formula is C22H23N9. The van der Waals surface area contributed by atoms with E-state index in [4.69, 9.17) is 4.98 Å². The molecule has 0 saturated carbocycles. The van der Waals surface area contributed by atoms with Crippen LogP contribution in [0.25, 0.3) is 10.9 Å². The second-order valence-corrected chi connectivity index (χ2v) is 7.46. The summed E-state index contributed by atoms with van der Waals surface area (Å²) in [4.78, 5) is 26.6. The number of aromatic nitrogens is 5. The highest BCUT2D eigenvalue weighted by Crippen LogP contribution is 2.27. The van der Waals surface area contributed by atoms with Gasteiger partial charge in [0.15, 0.2) is 0 Å². The van der Waals surface area contributed by atoms with Crippen molar-refractivity contribution in [1.82, 2.24) is 29.8 Å². The van der Waals surface area contributed by atoms with E-state index in [-0.39, 0.29) is 0 Å². The molecule has 2 N–H and O–H groups in total. The normalized spacial score (nSPS) is 14.5. The van der Waals surface area contributed by atoms with Crippen molar-refractivity contribution in [1.29, 1.82) is 0 Å². The molecule has 1 aliphatic heterocycles. The Morgan fingerprint density at radius 1 is 0.806 bits per heavy atom. The first-order valence-electron chi connectivity index (χ1n) is 10.2. The van der Waals surface area contributed by atoms with Gasteiger partial charge in [-0.25, -0.2) is 9.97 Å².